The zero-order valence-electron chi connectivity index (χ0n) is 7.56. The predicted octanol–water partition coefficient (Wildman–Crippen LogP) is 2.20. The van der Waals surface area contributed by atoms with Gasteiger partial charge in [0.15, 0.2) is 0 Å². The molecule has 2 fully saturated rings. The van der Waals surface area contributed by atoms with E-state index in [2.05, 4.69) is 13.8 Å². The average Bonchev–Trinajstić information content (AvgIpc) is 2.47. The van der Waals surface area contributed by atoms with Gasteiger partial charge in [0, 0.05) is 6.61 Å². The van der Waals surface area contributed by atoms with Gasteiger partial charge in [0.1, 0.15) is 0 Å². The minimum atomic E-state index is 0.410. The first-order valence-corrected chi connectivity index (χ1v) is 4.76. The molecule has 2 aliphatic rings. The summed E-state index contributed by atoms with van der Waals surface area (Å²) in [7, 11) is 0. The van der Waals surface area contributed by atoms with Crippen LogP contribution in [0.15, 0.2) is 0 Å². The summed E-state index contributed by atoms with van der Waals surface area (Å²) in [4.78, 5) is 0. The maximum absolute atomic E-state index is 9.17. The van der Waals surface area contributed by atoms with E-state index in [-0.39, 0.29) is 0 Å². The van der Waals surface area contributed by atoms with Crippen molar-refractivity contribution in [1.29, 1.82) is 0 Å². The Kier molecular flexibility index (Phi) is 1.39. The second-order valence-electron chi connectivity index (χ2n) is 4.78. The molecule has 1 heteroatoms. The molecule has 2 saturated carbocycles. The van der Waals surface area contributed by atoms with Crippen LogP contribution in [0.1, 0.15) is 39.5 Å². The van der Waals surface area contributed by atoms with Crippen LogP contribution in [0.2, 0.25) is 0 Å². The zero-order chi connectivity index (χ0) is 8.11. The Balaban J connectivity index is 2.18. The van der Waals surface area contributed by atoms with Crippen LogP contribution in [0.5, 0.6) is 0 Å². The highest BCUT2D eigenvalue weighted by Crippen LogP contribution is 2.75. The van der Waals surface area contributed by atoms with Gasteiger partial charge in [-0.3, -0.25) is 0 Å². The molecule has 1 N–H and O–H groups in total. The largest absolute Gasteiger partial charge is 0.396 e. The summed E-state index contributed by atoms with van der Waals surface area (Å²) >= 11 is 0. The van der Waals surface area contributed by atoms with Gasteiger partial charge in [0.2, 0.25) is 0 Å². The fraction of sp³-hybridized carbons (Fsp3) is 1.00. The molecule has 11 heavy (non-hydrogen) atoms. The minimum Gasteiger partial charge on any atom is -0.396 e. The van der Waals surface area contributed by atoms with Crippen molar-refractivity contribution in [2.75, 3.05) is 6.61 Å². The first-order chi connectivity index (χ1) is 5.15. The van der Waals surface area contributed by atoms with Crippen LogP contribution in [0.3, 0.4) is 0 Å². The van der Waals surface area contributed by atoms with Gasteiger partial charge in [-0.05, 0) is 29.6 Å². The summed E-state index contributed by atoms with van der Waals surface area (Å²) < 4.78 is 0. The van der Waals surface area contributed by atoms with Gasteiger partial charge in [0.25, 0.3) is 0 Å². The van der Waals surface area contributed by atoms with E-state index >= 15 is 0 Å². The zero-order valence-corrected chi connectivity index (χ0v) is 7.56. The highest BCUT2D eigenvalue weighted by atomic mass is 16.3. The van der Waals surface area contributed by atoms with Gasteiger partial charge in [-0.15, -0.1) is 0 Å². The minimum absolute atomic E-state index is 0.410. The lowest BCUT2D eigenvalue weighted by molar-refractivity contribution is 0.247. The molecule has 0 heterocycles. The number of hydrogen-bond acceptors (Lipinski definition) is 1. The van der Waals surface area contributed by atoms with Crippen molar-refractivity contribution in [3.63, 3.8) is 0 Å². The van der Waals surface area contributed by atoms with Gasteiger partial charge in [-0.2, -0.15) is 0 Å². The lowest BCUT2D eigenvalue weighted by Gasteiger charge is -2.23. The normalized spacial score (nSPS) is 55.4. The molecule has 0 saturated heterocycles. The van der Waals surface area contributed by atoms with Crippen molar-refractivity contribution in [2.24, 2.45) is 16.7 Å². The first kappa shape index (κ1) is 7.60. The van der Waals surface area contributed by atoms with E-state index in [1.54, 1.807) is 0 Å². The third-order valence-corrected chi connectivity index (χ3v) is 4.58. The summed E-state index contributed by atoms with van der Waals surface area (Å²) in [6, 6.07) is 0. The molecular weight excluding hydrogens is 136 g/mol. The molecule has 1 nitrogen and oxygen atoms in total. The topological polar surface area (TPSA) is 20.2 Å². The van der Waals surface area contributed by atoms with Crippen molar-refractivity contribution in [1.82, 2.24) is 0 Å². The van der Waals surface area contributed by atoms with Crippen molar-refractivity contribution >= 4 is 0 Å². The van der Waals surface area contributed by atoms with Crippen LogP contribution in [0, 0.1) is 16.7 Å². The molecule has 0 aromatic rings. The lowest BCUT2D eigenvalue weighted by Crippen LogP contribution is -2.12. The molecule has 0 bridgehead atoms. The van der Waals surface area contributed by atoms with E-state index in [0.717, 1.165) is 0 Å². The molecule has 2 unspecified atom stereocenters. The van der Waals surface area contributed by atoms with E-state index in [4.69, 9.17) is 5.11 Å². The molecule has 0 spiro atoms. The Labute approximate surface area is 68.8 Å². The third kappa shape index (κ3) is 0.703. The van der Waals surface area contributed by atoms with E-state index in [1.807, 2.05) is 0 Å². The lowest BCUT2D eigenvalue weighted by atomic mass is 9.82. The molecule has 0 aromatic carbocycles. The number of rotatable bonds is 1. The fourth-order valence-corrected chi connectivity index (χ4v) is 3.38. The Morgan fingerprint density at radius 1 is 1.18 bits per heavy atom. The molecule has 2 rings (SSSR count). The third-order valence-electron chi connectivity index (χ3n) is 4.58. The summed E-state index contributed by atoms with van der Waals surface area (Å²) in [5, 5.41) is 9.17. The maximum atomic E-state index is 9.17. The average molecular weight is 154 g/mol. The summed E-state index contributed by atoms with van der Waals surface area (Å²) in [6.07, 6.45) is 5.44. The van der Waals surface area contributed by atoms with Crippen molar-refractivity contribution < 1.29 is 5.11 Å². The number of fused-ring (bicyclic) bond motifs is 1. The molecule has 0 aliphatic heterocycles. The first-order valence-electron chi connectivity index (χ1n) is 4.76. The Bertz CT molecular complexity index is 160. The fourth-order valence-electron chi connectivity index (χ4n) is 3.38. The van der Waals surface area contributed by atoms with E-state index in [9.17, 15) is 0 Å². The van der Waals surface area contributed by atoms with E-state index < -0.39 is 0 Å². The monoisotopic (exact) mass is 154 g/mol. The highest BCUT2D eigenvalue weighted by molar-refractivity contribution is 5.17. The number of aliphatic hydroxyl groups excluding tert-OH is 1. The van der Waals surface area contributed by atoms with Gasteiger partial charge >= 0.3 is 0 Å². The Hall–Kier alpha value is -0.0400. The van der Waals surface area contributed by atoms with Crippen LogP contribution in [-0.4, -0.2) is 11.7 Å². The molecule has 2 atom stereocenters. The van der Waals surface area contributed by atoms with Crippen LogP contribution in [0.25, 0.3) is 0 Å². The molecule has 0 radical (unpaired) electrons. The molecule has 2 aliphatic carbocycles. The summed E-state index contributed by atoms with van der Waals surface area (Å²) in [5.74, 6) is 0.609. The van der Waals surface area contributed by atoms with Crippen LogP contribution in [-0.2, 0) is 0 Å². The maximum Gasteiger partial charge on any atom is 0.0470 e. The van der Waals surface area contributed by atoms with Gasteiger partial charge < -0.3 is 5.11 Å². The number of aliphatic hydroxyl groups is 1. The molecular formula is C10H18O. The van der Waals surface area contributed by atoms with Crippen molar-refractivity contribution in [2.45, 2.75) is 39.5 Å². The quantitative estimate of drug-likeness (QED) is 0.614. The molecule has 64 valence electrons. The van der Waals surface area contributed by atoms with Gasteiger partial charge in [0.05, 0.1) is 0 Å². The summed E-state index contributed by atoms with van der Waals surface area (Å²) in [6.45, 7) is 5.12. The Morgan fingerprint density at radius 3 is 2.00 bits per heavy atom. The van der Waals surface area contributed by atoms with Crippen molar-refractivity contribution in [3.05, 3.63) is 0 Å². The van der Waals surface area contributed by atoms with Crippen LogP contribution >= 0.6 is 0 Å². The molecule has 0 amide bonds. The highest BCUT2D eigenvalue weighted by Gasteiger charge is 2.69. The second kappa shape index (κ2) is 2.01. The second-order valence-corrected chi connectivity index (χ2v) is 4.78. The smallest absolute Gasteiger partial charge is 0.0470 e. The van der Waals surface area contributed by atoms with Crippen LogP contribution in [0.4, 0.5) is 0 Å². The van der Waals surface area contributed by atoms with Gasteiger partial charge in [-0.1, -0.05) is 26.7 Å². The molecule has 0 aromatic heterocycles. The SMILES string of the molecule is CC12CCCCC1(C)C2CO. The Morgan fingerprint density at radius 2 is 1.64 bits per heavy atom. The van der Waals surface area contributed by atoms with Gasteiger partial charge in [-0.25, -0.2) is 0 Å². The van der Waals surface area contributed by atoms with Crippen LogP contribution < -0.4 is 0 Å². The standard InChI is InChI=1S/C10H18O/c1-9-5-3-4-6-10(9,2)8(9)7-11/h8,11H,3-7H2,1-2H3. The van der Waals surface area contributed by atoms with E-state index in [1.165, 1.54) is 25.7 Å². The number of hydrogen-bond donors (Lipinski definition) is 1. The van der Waals surface area contributed by atoms with Crippen molar-refractivity contribution in [3.8, 4) is 0 Å². The predicted molar refractivity (Wildman–Crippen MR) is 45.3 cm³/mol. The van der Waals surface area contributed by atoms with E-state index in [0.29, 0.717) is 23.4 Å². The summed E-state index contributed by atoms with van der Waals surface area (Å²) in [5.41, 5.74) is 1.00.